The molecule has 298 valence electrons. The third-order valence-electron chi connectivity index (χ3n) is 9.38. The zero-order valence-corrected chi connectivity index (χ0v) is 27.8. The Morgan fingerprint density at radius 2 is 1.09 bits per heavy atom. The third kappa shape index (κ3) is 7.58. The van der Waals surface area contributed by atoms with E-state index in [0.717, 1.165) is 30.3 Å². The smallest absolute Gasteiger partial charge is 0.229 e. The molecule has 0 saturated carbocycles. The number of phenolic OH excluding ortho intramolecular Hbond substituents is 3. The van der Waals surface area contributed by atoms with Crippen LogP contribution in [0, 0.1) is 0 Å². The fraction of sp³-hybridized carbons (Fsp3) is 0.545. The Kier molecular flexibility index (Phi) is 11.9. The van der Waals surface area contributed by atoms with Crippen molar-refractivity contribution in [3.63, 3.8) is 0 Å². The molecule has 0 radical (unpaired) electrons. The highest BCUT2D eigenvalue weighted by Crippen LogP contribution is 2.37. The molecule has 4 heterocycles. The van der Waals surface area contributed by atoms with Crippen molar-refractivity contribution in [2.24, 2.45) is 0 Å². The Bertz CT molecular complexity index is 1820. The van der Waals surface area contributed by atoms with Crippen molar-refractivity contribution >= 4 is 11.0 Å². The molecule has 1 aromatic heterocycles. The number of aromatic hydroxyl groups is 3. The second-order valence-corrected chi connectivity index (χ2v) is 12.9. The van der Waals surface area contributed by atoms with E-state index in [-0.39, 0.29) is 28.0 Å². The second-order valence-electron chi connectivity index (χ2n) is 12.9. The maximum atomic E-state index is 13.0. The van der Waals surface area contributed by atoms with Gasteiger partial charge < -0.3 is 99.2 Å². The number of ether oxygens (including phenoxy) is 6. The lowest BCUT2D eigenvalue weighted by Crippen LogP contribution is -2.67. The van der Waals surface area contributed by atoms with Gasteiger partial charge in [-0.2, -0.15) is 0 Å². The molecule has 2 aromatic carbocycles. The van der Waals surface area contributed by atoms with Gasteiger partial charge in [0.2, 0.25) is 6.29 Å². The van der Waals surface area contributed by atoms with Crippen molar-refractivity contribution in [2.75, 3.05) is 19.8 Å². The standard InChI is InChI=1S/C33H40O21/c34-7-18-22(41)25(44)28(47)31(50-18)53-30-27(46)24(43)20(9-36)52-33(30)54-29-26(45)23(42)19(8-35)51-32(29)48-11-4-14(39)21-15(40)6-16(49-17(21)5-11)10-1-2-12(37)13(38)3-10/h1-6,18-20,22-39,41-47H,7-9H2/t18-,19-,20+,22-,23-,24-,25+,26+,27+,28-,29+,30-,31+,32-,33+/m1/s1. The van der Waals surface area contributed by atoms with E-state index in [1.165, 1.54) is 6.07 Å². The van der Waals surface area contributed by atoms with Gasteiger partial charge in [0.05, 0.1) is 19.8 Å². The van der Waals surface area contributed by atoms with Crippen LogP contribution in [0.3, 0.4) is 0 Å². The lowest BCUT2D eigenvalue weighted by atomic mass is 9.96. The first kappa shape index (κ1) is 39.9. The number of hydrogen-bond donors (Lipinski definition) is 13. The molecule has 3 fully saturated rings. The first-order valence-corrected chi connectivity index (χ1v) is 16.5. The summed E-state index contributed by atoms with van der Waals surface area (Å²) >= 11 is 0. The van der Waals surface area contributed by atoms with Crippen molar-refractivity contribution in [2.45, 2.75) is 92.1 Å². The number of aliphatic hydroxyl groups is 10. The van der Waals surface area contributed by atoms with Crippen LogP contribution in [0.4, 0.5) is 0 Å². The third-order valence-corrected chi connectivity index (χ3v) is 9.38. The molecule has 3 aromatic rings. The summed E-state index contributed by atoms with van der Waals surface area (Å²) in [6.45, 7) is -2.59. The highest BCUT2D eigenvalue weighted by Gasteiger charge is 2.54. The Labute approximate surface area is 303 Å². The first-order valence-electron chi connectivity index (χ1n) is 16.5. The largest absolute Gasteiger partial charge is 0.507 e. The molecular formula is C33H40O21. The predicted molar refractivity (Wildman–Crippen MR) is 173 cm³/mol. The van der Waals surface area contributed by atoms with Crippen LogP contribution in [0.2, 0.25) is 0 Å². The summed E-state index contributed by atoms with van der Waals surface area (Å²) in [6.07, 6.45) is -27.4. The molecule has 3 aliphatic heterocycles. The van der Waals surface area contributed by atoms with Gasteiger partial charge >= 0.3 is 0 Å². The summed E-state index contributed by atoms with van der Waals surface area (Å²) in [5.74, 6) is -1.97. The topological polar surface area (TPSA) is 349 Å². The quantitative estimate of drug-likeness (QED) is 0.0862. The highest BCUT2D eigenvalue weighted by atomic mass is 16.8. The number of rotatable bonds is 10. The minimum absolute atomic E-state index is 0.0903. The van der Waals surface area contributed by atoms with Gasteiger partial charge in [-0.1, -0.05) is 0 Å². The van der Waals surface area contributed by atoms with Crippen molar-refractivity contribution in [1.82, 2.24) is 0 Å². The second kappa shape index (κ2) is 16.2. The van der Waals surface area contributed by atoms with E-state index >= 15 is 0 Å². The van der Waals surface area contributed by atoms with Crippen molar-refractivity contribution < 1.29 is 99.2 Å². The van der Waals surface area contributed by atoms with Gasteiger partial charge in [-0.15, -0.1) is 0 Å². The van der Waals surface area contributed by atoms with Crippen LogP contribution in [-0.2, 0) is 23.7 Å². The average molecular weight is 773 g/mol. The van der Waals surface area contributed by atoms with Gasteiger partial charge in [0.15, 0.2) is 35.6 Å². The number of fused-ring (bicyclic) bond motifs is 1. The van der Waals surface area contributed by atoms with Crippen LogP contribution in [0.15, 0.2) is 45.6 Å². The molecule has 0 unspecified atom stereocenters. The fourth-order valence-electron chi connectivity index (χ4n) is 6.36. The molecule has 0 aliphatic carbocycles. The molecule has 0 spiro atoms. The molecule has 21 heteroatoms. The molecular weight excluding hydrogens is 732 g/mol. The van der Waals surface area contributed by atoms with Crippen molar-refractivity contribution in [1.29, 1.82) is 0 Å². The van der Waals surface area contributed by atoms with E-state index in [1.54, 1.807) is 0 Å². The van der Waals surface area contributed by atoms with Gasteiger partial charge in [-0.3, -0.25) is 4.79 Å². The number of aliphatic hydroxyl groups excluding tert-OH is 10. The number of benzene rings is 2. The van der Waals surface area contributed by atoms with E-state index in [2.05, 4.69) is 0 Å². The van der Waals surface area contributed by atoms with Gasteiger partial charge in [-0.05, 0) is 18.2 Å². The van der Waals surface area contributed by atoms with Gasteiger partial charge in [-0.25, -0.2) is 0 Å². The maximum Gasteiger partial charge on any atom is 0.229 e. The normalized spacial score (nSPS) is 37.3. The molecule has 54 heavy (non-hydrogen) atoms. The van der Waals surface area contributed by atoms with E-state index in [0.29, 0.717) is 0 Å². The molecule has 13 N–H and O–H groups in total. The minimum atomic E-state index is -2.01. The predicted octanol–water partition coefficient (Wildman–Crippen LogP) is -4.60. The van der Waals surface area contributed by atoms with Crippen LogP contribution in [0.1, 0.15) is 0 Å². The number of phenols is 3. The monoisotopic (exact) mass is 772 g/mol. The molecule has 6 rings (SSSR count). The van der Waals surface area contributed by atoms with Crippen LogP contribution in [0.25, 0.3) is 22.3 Å². The zero-order chi connectivity index (χ0) is 39.2. The summed E-state index contributed by atoms with van der Waals surface area (Å²) in [7, 11) is 0. The summed E-state index contributed by atoms with van der Waals surface area (Å²) in [5, 5.41) is 134. The fourth-order valence-corrected chi connectivity index (χ4v) is 6.36. The summed E-state index contributed by atoms with van der Waals surface area (Å²) in [6, 6.07) is 6.76. The van der Waals surface area contributed by atoms with Crippen LogP contribution >= 0.6 is 0 Å². The van der Waals surface area contributed by atoms with E-state index in [9.17, 15) is 71.2 Å². The Hall–Kier alpha value is -3.75. The summed E-state index contributed by atoms with van der Waals surface area (Å²) in [5.41, 5.74) is -0.793. The van der Waals surface area contributed by atoms with Crippen LogP contribution < -0.4 is 10.2 Å². The molecule has 21 nitrogen and oxygen atoms in total. The SMILES string of the molecule is O=c1cc(-c2ccc(O)c(O)c2)oc2cc(O[C@@H]3O[C@H](CO)[C@@H](O)[C@H](O)[C@@H]3O[C@@H]3O[C@@H](CO)[C@@H](O)[C@H](O)[C@H]3O[C@@H]3O[C@H](CO)[C@@H](O)[C@H](O)[C@H]3O)cc(O)c12. The van der Waals surface area contributed by atoms with Gasteiger partial charge in [0, 0.05) is 23.8 Å². The van der Waals surface area contributed by atoms with Crippen molar-refractivity contribution in [3.05, 3.63) is 46.6 Å². The maximum absolute atomic E-state index is 13.0. The lowest BCUT2D eigenvalue weighted by molar-refractivity contribution is -0.389. The van der Waals surface area contributed by atoms with E-state index in [4.69, 9.17) is 32.8 Å². The molecule has 3 saturated heterocycles. The summed E-state index contributed by atoms with van der Waals surface area (Å²) < 4.78 is 39.9. The average Bonchev–Trinajstić information content (AvgIpc) is 3.14. The van der Waals surface area contributed by atoms with Crippen LogP contribution in [0.5, 0.6) is 23.0 Å². The van der Waals surface area contributed by atoms with Crippen LogP contribution in [-0.4, -0.2) is 178 Å². The first-order chi connectivity index (χ1) is 25.7. The molecule has 15 atom stereocenters. The van der Waals surface area contributed by atoms with Gasteiger partial charge in [0.25, 0.3) is 0 Å². The molecule has 0 bridgehead atoms. The van der Waals surface area contributed by atoms with Gasteiger partial charge in [0.1, 0.15) is 95.4 Å². The minimum Gasteiger partial charge on any atom is -0.507 e. The highest BCUT2D eigenvalue weighted by molar-refractivity contribution is 5.86. The Morgan fingerprint density at radius 3 is 1.69 bits per heavy atom. The Morgan fingerprint density at radius 1 is 0.556 bits per heavy atom. The number of hydrogen-bond acceptors (Lipinski definition) is 21. The summed E-state index contributed by atoms with van der Waals surface area (Å²) in [4.78, 5) is 13.0. The Balaban J connectivity index is 1.32. The zero-order valence-electron chi connectivity index (χ0n) is 27.8. The molecule has 0 amide bonds. The van der Waals surface area contributed by atoms with E-state index < -0.39 is 135 Å². The lowest BCUT2D eigenvalue weighted by Gasteiger charge is -2.48. The van der Waals surface area contributed by atoms with E-state index in [1.807, 2.05) is 0 Å². The van der Waals surface area contributed by atoms with Crippen molar-refractivity contribution in [3.8, 4) is 34.3 Å². The molecule has 3 aliphatic rings.